The monoisotopic (exact) mass is 312 g/mol. The molecule has 4 heterocycles. The highest BCUT2D eigenvalue weighted by molar-refractivity contribution is 5.89. The van der Waals surface area contributed by atoms with Gasteiger partial charge in [-0.3, -0.25) is 15.0 Å². The SMILES string of the molecule is c1cncc(-c2nnnc(-c3cccnc3)c2-c2cccnc2)c1. The zero-order valence-corrected chi connectivity index (χ0v) is 12.6. The Labute approximate surface area is 138 Å². The van der Waals surface area contributed by atoms with E-state index in [1.165, 1.54) is 0 Å². The highest BCUT2D eigenvalue weighted by atomic mass is 15.3. The minimum Gasteiger partial charge on any atom is -0.264 e. The van der Waals surface area contributed by atoms with Gasteiger partial charge in [-0.2, -0.15) is 0 Å². The Morgan fingerprint density at radius 1 is 0.542 bits per heavy atom. The van der Waals surface area contributed by atoms with Crippen LogP contribution in [0.5, 0.6) is 0 Å². The molecule has 0 fully saturated rings. The van der Waals surface area contributed by atoms with Crippen LogP contribution in [0.3, 0.4) is 0 Å². The Hall–Kier alpha value is -3.54. The van der Waals surface area contributed by atoms with Gasteiger partial charge in [0.25, 0.3) is 0 Å². The van der Waals surface area contributed by atoms with Gasteiger partial charge in [-0.05, 0) is 35.5 Å². The third-order valence-corrected chi connectivity index (χ3v) is 3.58. The van der Waals surface area contributed by atoms with Crippen LogP contribution in [0.1, 0.15) is 0 Å². The summed E-state index contributed by atoms with van der Waals surface area (Å²) in [6.45, 7) is 0. The van der Waals surface area contributed by atoms with Crippen LogP contribution in [-0.4, -0.2) is 30.4 Å². The number of pyridine rings is 3. The van der Waals surface area contributed by atoms with E-state index in [4.69, 9.17) is 0 Å². The van der Waals surface area contributed by atoms with Gasteiger partial charge in [-0.15, -0.1) is 10.2 Å². The van der Waals surface area contributed by atoms with E-state index in [1.807, 2.05) is 36.4 Å². The van der Waals surface area contributed by atoms with Gasteiger partial charge >= 0.3 is 0 Å². The van der Waals surface area contributed by atoms with E-state index in [0.717, 1.165) is 22.3 Å². The van der Waals surface area contributed by atoms with E-state index in [9.17, 15) is 0 Å². The van der Waals surface area contributed by atoms with Gasteiger partial charge < -0.3 is 0 Å². The zero-order valence-electron chi connectivity index (χ0n) is 12.6. The molecule has 0 saturated heterocycles. The lowest BCUT2D eigenvalue weighted by molar-refractivity contribution is 0.877. The fourth-order valence-electron chi connectivity index (χ4n) is 2.52. The van der Waals surface area contributed by atoms with Gasteiger partial charge in [0.2, 0.25) is 0 Å². The first kappa shape index (κ1) is 14.1. The lowest BCUT2D eigenvalue weighted by atomic mass is 9.97. The van der Waals surface area contributed by atoms with Crippen molar-refractivity contribution >= 4 is 0 Å². The third-order valence-electron chi connectivity index (χ3n) is 3.58. The molecule has 0 aliphatic rings. The summed E-state index contributed by atoms with van der Waals surface area (Å²) in [5.74, 6) is 0. The van der Waals surface area contributed by atoms with Crippen LogP contribution >= 0.6 is 0 Å². The smallest absolute Gasteiger partial charge is 0.106 e. The van der Waals surface area contributed by atoms with Crippen molar-refractivity contribution in [3.8, 4) is 33.6 Å². The van der Waals surface area contributed by atoms with Crippen LogP contribution < -0.4 is 0 Å². The van der Waals surface area contributed by atoms with Gasteiger partial charge in [0.05, 0.1) is 0 Å². The molecule has 4 aromatic rings. The topological polar surface area (TPSA) is 77.3 Å². The molecule has 0 N–H and O–H groups in total. The first-order chi connectivity index (χ1) is 11.9. The van der Waals surface area contributed by atoms with Crippen LogP contribution in [0.4, 0.5) is 0 Å². The van der Waals surface area contributed by atoms with Crippen LogP contribution in [0.2, 0.25) is 0 Å². The second-order valence-corrected chi connectivity index (χ2v) is 5.09. The molecule has 0 unspecified atom stereocenters. The van der Waals surface area contributed by atoms with Gasteiger partial charge in [0.15, 0.2) is 0 Å². The van der Waals surface area contributed by atoms with Crippen molar-refractivity contribution in [2.45, 2.75) is 0 Å². The van der Waals surface area contributed by atoms with Crippen LogP contribution in [0.25, 0.3) is 33.6 Å². The van der Waals surface area contributed by atoms with Gasteiger partial charge in [-0.1, -0.05) is 6.07 Å². The van der Waals surface area contributed by atoms with Crippen molar-refractivity contribution in [2.24, 2.45) is 0 Å². The summed E-state index contributed by atoms with van der Waals surface area (Å²) >= 11 is 0. The van der Waals surface area contributed by atoms with E-state index < -0.39 is 0 Å². The summed E-state index contributed by atoms with van der Waals surface area (Å²) in [7, 11) is 0. The van der Waals surface area contributed by atoms with E-state index in [1.54, 1.807) is 37.2 Å². The number of aromatic nitrogens is 6. The van der Waals surface area contributed by atoms with Crippen molar-refractivity contribution in [3.63, 3.8) is 0 Å². The minimum absolute atomic E-state index is 0.713. The molecule has 6 nitrogen and oxygen atoms in total. The van der Waals surface area contributed by atoms with Gasteiger partial charge in [-0.25, -0.2) is 0 Å². The lowest BCUT2D eigenvalue weighted by Gasteiger charge is -2.12. The second kappa shape index (κ2) is 6.29. The molecule has 4 aromatic heterocycles. The molecular formula is C18H12N6. The Morgan fingerprint density at radius 2 is 1.00 bits per heavy atom. The predicted molar refractivity (Wildman–Crippen MR) is 89.5 cm³/mol. The molecule has 6 heteroatoms. The van der Waals surface area contributed by atoms with Gasteiger partial charge in [0.1, 0.15) is 11.4 Å². The molecule has 0 spiro atoms. The largest absolute Gasteiger partial charge is 0.264 e. The van der Waals surface area contributed by atoms with Crippen LogP contribution in [0.15, 0.2) is 73.6 Å². The number of hydrogen-bond donors (Lipinski definition) is 0. The summed E-state index contributed by atoms with van der Waals surface area (Å²) in [4.78, 5) is 12.6. The van der Waals surface area contributed by atoms with Crippen molar-refractivity contribution < 1.29 is 0 Å². The van der Waals surface area contributed by atoms with E-state index in [0.29, 0.717) is 11.4 Å². The highest BCUT2D eigenvalue weighted by Crippen LogP contribution is 2.35. The summed E-state index contributed by atoms with van der Waals surface area (Å²) in [5, 5.41) is 12.5. The summed E-state index contributed by atoms with van der Waals surface area (Å²) < 4.78 is 0. The fraction of sp³-hybridized carbons (Fsp3) is 0. The van der Waals surface area contributed by atoms with Crippen LogP contribution in [0, 0.1) is 0 Å². The van der Waals surface area contributed by atoms with Crippen molar-refractivity contribution in [3.05, 3.63) is 73.6 Å². The second-order valence-electron chi connectivity index (χ2n) is 5.09. The maximum Gasteiger partial charge on any atom is 0.106 e. The molecule has 0 bridgehead atoms. The molecule has 0 aliphatic carbocycles. The zero-order chi connectivity index (χ0) is 16.2. The number of nitrogens with zero attached hydrogens (tertiary/aromatic N) is 6. The van der Waals surface area contributed by atoms with Crippen molar-refractivity contribution in [2.75, 3.05) is 0 Å². The normalized spacial score (nSPS) is 10.5. The summed E-state index contributed by atoms with van der Waals surface area (Å²) in [6, 6.07) is 11.5. The van der Waals surface area contributed by atoms with Crippen molar-refractivity contribution in [1.29, 1.82) is 0 Å². The quantitative estimate of drug-likeness (QED) is 0.578. The molecule has 0 radical (unpaired) electrons. The Morgan fingerprint density at radius 3 is 1.42 bits per heavy atom. The van der Waals surface area contributed by atoms with E-state index >= 15 is 0 Å². The lowest BCUT2D eigenvalue weighted by Crippen LogP contribution is -2.00. The highest BCUT2D eigenvalue weighted by Gasteiger charge is 2.18. The molecule has 0 aliphatic heterocycles. The number of hydrogen-bond acceptors (Lipinski definition) is 6. The third kappa shape index (κ3) is 2.61. The van der Waals surface area contributed by atoms with Gasteiger partial charge in [0, 0.05) is 59.4 Å². The first-order valence-corrected chi connectivity index (χ1v) is 7.38. The Balaban J connectivity index is 2.02. The predicted octanol–water partition coefficient (Wildman–Crippen LogP) is 3.06. The van der Waals surface area contributed by atoms with E-state index in [-0.39, 0.29) is 0 Å². The molecule has 0 amide bonds. The average Bonchev–Trinajstić information content (AvgIpc) is 2.69. The maximum absolute atomic E-state index is 4.26. The summed E-state index contributed by atoms with van der Waals surface area (Å²) in [6.07, 6.45) is 10.5. The average molecular weight is 312 g/mol. The molecular weight excluding hydrogens is 300 g/mol. The van der Waals surface area contributed by atoms with E-state index in [2.05, 4.69) is 30.4 Å². The minimum atomic E-state index is 0.713. The molecule has 114 valence electrons. The number of rotatable bonds is 3. The molecule has 0 aromatic carbocycles. The summed E-state index contributed by atoms with van der Waals surface area (Å²) in [5.41, 5.74) is 4.94. The fourth-order valence-corrected chi connectivity index (χ4v) is 2.52. The van der Waals surface area contributed by atoms with Crippen LogP contribution in [-0.2, 0) is 0 Å². The molecule has 0 saturated carbocycles. The molecule has 4 rings (SSSR count). The Bertz CT molecular complexity index is 885. The molecule has 24 heavy (non-hydrogen) atoms. The van der Waals surface area contributed by atoms with Crippen molar-refractivity contribution in [1.82, 2.24) is 30.4 Å². The Kier molecular flexibility index (Phi) is 3.69. The molecule has 0 atom stereocenters. The first-order valence-electron chi connectivity index (χ1n) is 7.38. The maximum atomic E-state index is 4.26. The standard InChI is InChI=1S/C18H12N6/c1-4-13(10-19-7-1)16-17(14-5-2-8-20-11-14)22-24-23-18(16)15-6-3-9-21-12-15/h1-12H.